The lowest BCUT2D eigenvalue weighted by Crippen LogP contribution is -2.41. The number of imidazole rings is 1. The number of aromatic nitrogens is 4. The smallest absolute Gasteiger partial charge is 0.269 e. The monoisotopic (exact) mass is 945 g/mol. The Labute approximate surface area is 427 Å². The van der Waals surface area contributed by atoms with Crippen LogP contribution >= 0.6 is 0 Å². The molecule has 0 fully saturated rings. The molecule has 0 aliphatic heterocycles. The normalized spacial score (nSPS) is 12.7. The van der Waals surface area contributed by atoms with Gasteiger partial charge in [-0.05, 0) is 117 Å². The van der Waals surface area contributed by atoms with E-state index < -0.39 is 5.41 Å². The Morgan fingerprint density at radius 1 is 0.431 bits per heavy atom. The largest absolute Gasteiger partial charge is 0.458 e. The second-order valence-electron chi connectivity index (χ2n) is 23.3. The second kappa shape index (κ2) is 18.0. The molecule has 0 unspecified atom stereocenters. The average molecular weight is 945 g/mol. The molecular weight excluding hydrogens is 877 g/mol. The molecule has 5 heteroatoms. The van der Waals surface area contributed by atoms with Gasteiger partial charge >= 0.3 is 0 Å². The van der Waals surface area contributed by atoms with E-state index in [1.54, 1.807) is 0 Å². The minimum absolute atomic E-state index is 0.00110. The van der Waals surface area contributed by atoms with Crippen LogP contribution in [0.2, 0.25) is 0 Å². The number of ether oxygens (including phenoxy) is 1. The van der Waals surface area contributed by atoms with Gasteiger partial charge in [0.2, 0.25) is 0 Å². The predicted octanol–water partition coefficient (Wildman–Crippen LogP) is 16.4. The van der Waals surface area contributed by atoms with Crippen LogP contribution in [0.5, 0.6) is 11.5 Å². The van der Waals surface area contributed by atoms with Crippen LogP contribution in [0.4, 0.5) is 0 Å². The van der Waals surface area contributed by atoms with Gasteiger partial charge in [-0.15, -0.1) is 0 Å². The number of rotatable bonds is 11. The molecule has 5 nitrogen and oxygen atoms in total. The molecule has 0 atom stereocenters. The van der Waals surface area contributed by atoms with Crippen molar-refractivity contribution in [1.82, 2.24) is 14.1 Å². The van der Waals surface area contributed by atoms with Crippen molar-refractivity contribution < 1.29 is 9.30 Å². The van der Waals surface area contributed by atoms with Crippen LogP contribution in [-0.2, 0) is 27.1 Å². The molecule has 0 bridgehead atoms. The van der Waals surface area contributed by atoms with Crippen molar-refractivity contribution in [3.63, 3.8) is 0 Å². The molecule has 362 valence electrons. The van der Waals surface area contributed by atoms with Crippen LogP contribution in [-0.4, -0.2) is 14.1 Å². The molecular formula is C67H68N4O. The number of nitrogens with zero attached hydrogens (tertiary/aromatic N) is 4. The minimum Gasteiger partial charge on any atom is -0.458 e. The van der Waals surface area contributed by atoms with Gasteiger partial charge in [-0.3, -0.25) is 13.7 Å². The number of fused-ring (bicyclic) bond motifs is 3. The van der Waals surface area contributed by atoms with Gasteiger partial charge in [0.15, 0.2) is 0 Å². The fourth-order valence-corrected chi connectivity index (χ4v) is 10.3. The van der Waals surface area contributed by atoms with Crippen LogP contribution < -0.4 is 9.30 Å². The van der Waals surface area contributed by atoms with E-state index in [9.17, 15) is 0 Å². The molecule has 10 rings (SSSR count). The number of benzene rings is 7. The van der Waals surface area contributed by atoms with Gasteiger partial charge in [-0.1, -0.05) is 192 Å². The van der Waals surface area contributed by atoms with Crippen molar-refractivity contribution in [1.29, 1.82) is 0 Å². The average Bonchev–Trinajstić information content (AvgIpc) is 3.97. The Balaban J connectivity index is 1.10. The fourth-order valence-electron chi connectivity index (χ4n) is 10.3. The van der Waals surface area contributed by atoms with Gasteiger partial charge in [-0.2, -0.15) is 0 Å². The van der Waals surface area contributed by atoms with Crippen molar-refractivity contribution in [2.24, 2.45) is 0 Å². The highest BCUT2D eigenvalue weighted by molar-refractivity contribution is 6.09. The Morgan fingerprint density at radius 2 is 0.986 bits per heavy atom. The maximum Gasteiger partial charge on any atom is 0.269 e. The summed E-state index contributed by atoms with van der Waals surface area (Å²) in [5.74, 6) is 2.37. The van der Waals surface area contributed by atoms with E-state index >= 15 is 0 Å². The van der Waals surface area contributed by atoms with Crippen molar-refractivity contribution >= 4 is 21.8 Å². The first-order valence-electron chi connectivity index (χ1n) is 25.4. The zero-order chi connectivity index (χ0) is 50.8. The molecule has 72 heavy (non-hydrogen) atoms. The first-order valence-corrected chi connectivity index (χ1v) is 25.4. The van der Waals surface area contributed by atoms with Crippen LogP contribution in [0.15, 0.2) is 194 Å². The third kappa shape index (κ3) is 8.95. The maximum absolute atomic E-state index is 6.87. The second-order valence-corrected chi connectivity index (χ2v) is 23.3. The van der Waals surface area contributed by atoms with Crippen LogP contribution in [0.1, 0.15) is 128 Å². The lowest BCUT2D eigenvalue weighted by molar-refractivity contribution is -0.611. The predicted molar refractivity (Wildman–Crippen MR) is 298 cm³/mol. The highest BCUT2D eigenvalue weighted by atomic mass is 16.5. The van der Waals surface area contributed by atoms with Gasteiger partial charge in [0, 0.05) is 45.5 Å². The number of hydrogen-bond donors (Lipinski definition) is 0. The van der Waals surface area contributed by atoms with E-state index in [-0.39, 0.29) is 21.7 Å². The summed E-state index contributed by atoms with van der Waals surface area (Å²) in [7, 11) is 0. The summed E-state index contributed by atoms with van der Waals surface area (Å²) in [5, 5.41) is 2.36. The first-order chi connectivity index (χ1) is 34.2. The highest BCUT2D eigenvalue weighted by Crippen LogP contribution is 2.41. The van der Waals surface area contributed by atoms with Crippen LogP contribution in [0.3, 0.4) is 0 Å². The van der Waals surface area contributed by atoms with Crippen LogP contribution in [0, 0.1) is 6.33 Å². The summed E-state index contributed by atoms with van der Waals surface area (Å²) in [6, 6.07) is 65.7. The quantitative estimate of drug-likeness (QED) is 0.0957. The molecule has 0 saturated carbocycles. The maximum atomic E-state index is 6.87. The molecule has 3 heterocycles. The van der Waals surface area contributed by atoms with Crippen molar-refractivity contribution in [3.8, 4) is 28.7 Å². The summed E-state index contributed by atoms with van der Waals surface area (Å²) >= 11 is 0. The van der Waals surface area contributed by atoms with E-state index in [2.05, 4.69) is 285 Å². The fraction of sp³-hybridized carbons (Fsp3) is 0.254. The van der Waals surface area contributed by atoms with E-state index in [0.29, 0.717) is 0 Å². The number of pyridine rings is 1. The van der Waals surface area contributed by atoms with Crippen molar-refractivity contribution in [3.05, 3.63) is 245 Å². The van der Waals surface area contributed by atoms with Gasteiger partial charge in [0.05, 0.1) is 28.1 Å². The molecule has 0 saturated heterocycles. The van der Waals surface area contributed by atoms with E-state index in [0.717, 1.165) is 50.8 Å². The van der Waals surface area contributed by atoms with E-state index in [1.807, 2.05) is 12.3 Å². The zero-order valence-electron chi connectivity index (χ0n) is 44.2. The Morgan fingerprint density at radius 3 is 1.57 bits per heavy atom. The van der Waals surface area contributed by atoms with Crippen molar-refractivity contribution in [2.45, 2.75) is 110 Å². The molecule has 0 aliphatic carbocycles. The number of hydrogen-bond acceptors (Lipinski definition) is 2. The zero-order valence-corrected chi connectivity index (χ0v) is 44.2. The molecule has 0 radical (unpaired) electrons. The Kier molecular flexibility index (Phi) is 12.0. The SMILES string of the molecule is CC(C)(C)c1ccnc(-n2c3ccc(C(C)(C)C)cc3c3ccc(Oc4cccc(-n5[c-][n+](-c6cc(C(C)(C)c7ccccc7)cc(C(C)(C)c7ccccc7)c6)c(C(C)(C)c6ccccc6)c5)c4)cc32)c1. The molecule has 0 amide bonds. The summed E-state index contributed by atoms with van der Waals surface area (Å²) in [6.07, 6.45) is 8.06. The summed E-state index contributed by atoms with van der Waals surface area (Å²) in [6.45, 7) is 27.5. The summed E-state index contributed by atoms with van der Waals surface area (Å²) in [5.41, 5.74) is 13.0. The molecule has 7 aromatic carbocycles. The van der Waals surface area contributed by atoms with E-state index in [1.165, 1.54) is 44.3 Å². The highest BCUT2D eigenvalue weighted by Gasteiger charge is 2.33. The lowest BCUT2D eigenvalue weighted by Gasteiger charge is -2.33. The Bertz CT molecular complexity index is 3510. The molecule has 0 aliphatic rings. The lowest BCUT2D eigenvalue weighted by atomic mass is 9.73. The molecule has 0 spiro atoms. The standard InChI is InChI=1S/C67H68N4O/c1-63(2,3)49-31-34-59-58(40-49)57-33-32-56(43-60(57)71(59)62-41-50(35-36-68-62)64(4,5)6)72-55-30-22-29-53(42-55)69-44-61(67(11,12)48-27-20-15-21-28-48)70(45-69)54-38-51(65(7,8)46-23-16-13-17-24-46)37-52(39-54)66(9,10)47-25-18-14-19-26-47/h13-44H,1-12H3. The third-order valence-electron chi connectivity index (χ3n) is 15.2. The van der Waals surface area contributed by atoms with Crippen molar-refractivity contribution in [2.75, 3.05) is 0 Å². The molecule has 0 N–H and O–H groups in total. The summed E-state index contributed by atoms with van der Waals surface area (Å²) < 4.78 is 13.6. The molecule has 10 aromatic rings. The van der Waals surface area contributed by atoms with Gasteiger partial charge < -0.3 is 4.74 Å². The van der Waals surface area contributed by atoms with Crippen LogP contribution in [0.25, 0.3) is 39.0 Å². The Hall–Kier alpha value is -7.50. The van der Waals surface area contributed by atoms with E-state index in [4.69, 9.17) is 9.72 Å². The van der Waals surface area contributed by atoms with Gasteiger partial charge in [-0.25, -0.2) is 4.98 Å². The van der Waals surface area contributed by atoms with Gasteiger partial charge in [0.1, 0.15) is 17.3 Å². The molecule has 3 aromatic heterocycles. The topological polar surface area (TPSA) is 35.9 Å². The van der Waals surface area contributed by atoms with Gasteiger partial charge in [0.25, 0.3) is 6.33 Å². The third-order valence-corrected chi connectivity index (χ3v) is 15.2. The summed E-state index contributed by atoms with van der Waals surface area (Å²) in [4.78, 5) is 4.97. The minimum atomic E-state index is -0.403. The first kappa shape index (κ1) is 48.1.